The number of ether oxygens (including phenoxy) is 2. The van der Waals surface area contributed by atoms with Crippen molar-refractivity contribution in [1.82, 2.24) is 0 Å². The molecule has 0 aromatic heterocycles. The van der Waals surface area contributed by atoms with E-state index >= 15 is 0 Å². The summed E-state index contributed by atoms with van der Waals surface area (Å²) in [5, 5.41) is 21.4. The maximum Gasteiger partial charge on any atom is 0.265 e. The van der Waals surface area contributed by atoms with Crippen molar-refractivity contribution in [3.8, 4) is 17.2 Å². The van der Waals surface area contributed by atoms with Gasteiger partial charge < -0.3 is 14.6 Å². The van der Waals surface area contributed by atoms with E-state index in [2.05, 4.69) is 0 Å². The molecule has 1 aliphatic heterocycles. The smallest absolute Gasteiger partial charge is 0.265 e. The third-order valence-electron chi connectivity index (χ3n) is 1.65. The minimum Gasteiger partial charge on any atom is -0.868 e. The molecule has 6 heteroatoms. The fraction of sp³-hybridized carbons (Fsp3) is 0.143. The van der Waals surface area contributed by atoms with Crippen molar-refractivity contribution >= 4 is 5.69 Å². The van der Waals surface area contributed by atoms with Gasteiger partial charge >= 0.3 is 0 Å². The zero-order chi connectivity index (χ0) is 9.42. The van der Waals surface area contributed by atoms with Gasteiger partial charge in [-0.15, -0.1) is 0 Å². The average Bonchev–Trinajstić information content (AvgIpc) is 2.48. The van der Waals surface area contributed by atoms with Crippen LogP contribution < -0.4 is 14.6 Å². The number of benzene rings is 1. The summed E-state index contributed by atoms with van der Waals surface area (Å²) >= 11 is 0. The number of fused-ring (bicyclic) bond motifs is 1. The molecule has 0 saturated carbocycles. The molecule has 2 rings (SSSR count). The summed E-state index contributed by atoms with van der Waals surface area (Å²) in [6.07, 6.45) is 0. The SMILES string of the molecule is O=[N+]([O-])c1cc2c(cc1[O-])OCO2. The summed E-state index contributed by atoms with van der Waals surface area (Å²) in [4.78, 5) is 9.59. The van der Waals surface area contributed by atoms with E-state index in [9.17, 15) is 15.2 Å². The van der Waals surface area contributed by atoms with E-state index in [0.717, 1.165) is 12.1 Å². The summed E-state index contributed by atoms with van der Waals surface area (Å²) in [6, 6.07) is 2.13. The lowest BCUT2D eigenvalue weighted by Gasteiger charge is -2.06. The van der Waals surface area contributed by atoms with E-state index in [-0.39, 0.29) is 18.3 Å². The molecule has 1 aromatic carbocycles. The van der Waals surface area contributed by atoms with E-state index in [4.69, 9.17) is 9.47 Å². The van der Waals surface area contributed by atoms with Gasteiger partial charge in [0.2, 0.25) is 6.79 Å². The average molecular weight is 182 g/mol. The molecule has 0 unspecified atom stereocenters. The topological polar surface area (TPSA) is 84.7 Å². The Morgan fingerprint density at radius 2 is 1.92 bits per heavy atom. The maximum atomic E-state index is 11.0. The highest BCUT2D eigenvalue weighted by atomic mass is 16.7. The van der Waals surface area contributed by atoms with Gasteiger partial charge in [-0.2, -0.15) is 0 Å². The molecule has 0 aliphatic carbocycles. The molecule has 0 amide bonds. The number of nitro groups is 1. The molecule has 0 bridgehead atoms. The van der Waals surface area contributed by atoms with Gasteiger partial charge in [-0.05, 0) is 11.8 Å². The molecule has 0 N–H and O–H groups in total. The van der Waals surface area contributed by atoms with Gasteiger partial charge in [0.1, 0.15) is 0 Å². The maximum absolute atomic E-state index is 11.0. The van der Waals surface area contributed by atoms with Gasteiger partial charge in [0.05, 0.1) is 11.0 Å². The largest absolute Gasteiger partial charge is 0.868 e. The number of nitrogens with zero attached hydrogens (tertiary/aromatic N) is 1. The molecule has 0 spiro atoms. The second-order valence-corrected chi connectivity index (χ2v) is 2.43. The zero-order valence-electron chi connectivity index (χ0n) is 6.35. The minimum atomic E-state index is -0.746. The fourth-order valence-electron chi connectivity index (χ4n) is 1.06. The molecular formula is C7H4NO5-. The Balaban J connectivity index is 2.55. The third kappa shape index (κ3) is 1.12. The lowest BCUT2D eigenvalue weighted by molar-refractivity contribution is -0.398. The molecule has 1 heterocycles. The Morgan fingerprint density at radius 3 is 2.54 bits per heavy atom. The van der Waals surface area contributed by atoms with Crippen molar-refractivity contribution in [3.63, 3.8) is 0 Å². The highest BCUT2D eigenvalue weighted by Crippen LogP contribution is 2.39. The number of nitro benzene ring substituents is 1. The first-order chi connectivity index (χ1) is 6.18. The van der Waals surface area contributed by atoms with Gasteiger partial charge in [0, 0.05) is 0 Å². The van der Waals surface area contributed by atoms with Crippen LogP contribution in [0.4, 0.5) is 5.69 Å². The molecule has 13 heavy (non-hydrogen) atoms. The molecule has 1 aliphatic rings. The first-order valence-corrected chi connectivity index (χ1v) is 3.43. The van der Waals surface area contributed by atoms with E-state index < -0.39 is 16.4 Å². The highest BCUT2D eigenvalue weighted by molar-refractivity contribution is 5.57. The van der Waals surface area contributed by atoms with Crippen LogP contribution in [-0.4, -0.2) is 11.7 Å². The summed E-state index contributed by atoms with van der Waals surface area (Å²) in [5.41, 5.74) is -0.496. The van der Waals surface area contributed by atoms with E-state index in [1.165, 1.54) is 0 Å². The first kappa shape index (κ1) is 7.66. The molecule has 0 fully saturated rings. The Labute approximate surface area is 72.5 Å². The Bertz CT molecular complexity index is 375. The van der Waals surface area contributed by atoms with Crippen LogP contribution in [0.3, 0.4) is 0 Å². The van der Waals surface area contributed by atoms with Gasteiger partial charge in [-0.1, -0.05) is 0 Å². The number of rotatable bonds is 1. The second kappa shape index (κ2) is 2.51. The molecule has 6 nitrogen and oxygen atoms in total. The number of hydrogen-bond acceptors (Lipinski definition) is 5. The lowest BCUT2D eigenvalue weighted by Crippen LogP contribution is -1.97. The van der Waals surface area contributed by atoms with Crippen LogP contribution in [0.15, 0.2) is 12.1 Å². The van der Waals surface area contributed by atoms with Crippen molar-refractivity contribution in [2.45, 2.75) is 0 Å². The van der Waals surface area contributed by atoms with E-state index in [1.54, 1.807) is 0 Å². The van der Waals surface area contributed by atoms with Crippen molar-refractivity contribution in [2.24, 2.45) is 0 Å². The second-order valence-electron chi connectivity index (χ2n) is 2.43. The van der Waals surface area contributed by atoms with Gasteiger partial charge in [0.25, 0.3) is 5.69 Å². The summed E-state index contributed by atoms with van der Waals surface area (Å²) in [5.74, 6) is -0.170. The first-order valence-electron chi connectivity index (χ1n) is 3.43. The summed E-state index contributed by atoms with van der Waals surface area (Å²) < 4.78 is 9.75. The van der Waals surface area contributed by atoms with Crippen LogP contribution in [0, 0.1) is 10.1 Å². The normalized spacial score (nSPS) is 12.9. The molecule has 0 radical (unpaired) electrons. The van der Waals surface area contributed by atoms with E-state index in [0.29, 0.717) is 0 Å². The van der Waals surface area contributed by atoms with Crippen LogP contribution in [0.5, 0.6) is 17.2 Å². The third-order valence-corrected chi connectivity index (χ3v) is 1.65. The fourth-order valence-corrected chi connectivity index (χ4v) is 1.06. The summed E-state index contributed by atoms with van der Waals surface area (Å²) in [6.45, 7) is -0.00403. The Hall–Kier alpha value is -1.98. The van der Waals surface area contributed by atoms with Crippen molar-refractivity contribution < 1.29 is 19.5 Å². The Kier molecular flexibility index (Phi) is 1.48. The molecular weight excluding hydrogens is 178 g/mol. The van der Waals surface area contributed by atoms with Crippen molar-refractivity contribution in [1.29, 1.82) is 0 Å². The summed E-state index contributed by atoms with van der Waals surface area (Å²) in [7, 11) is 0. The van der Waals surface area contributed by atoms with Crippen LogP contribution in [0.25, 0.3) is 0 Å². The predicted molar refractivity (Wildman–Crippen MR) is 38.7 cm³/mol. The molecule has 1 aromatic rings. The van der Waals surface area contributed by atoms with Gasteiger partial charge in [-0.3, -0.25) is 10.1 Å². The van der Waals surface area contributed by atoms with Crippen LogP contribution in [0.2, 0.25) is 0 Å². The monoisotopic (exact) mass is 182 g/mol. The van der Waals surface area contributed by atoms with Crippen LogP contribution in [0.1, 0.15) is 0 Å². The minimum absolute atomic E-state index is 0.00403. The quantitative estimate of drug-likeness (QED) is 0.463. The van der Waals surface area contributed by atoms with Crippen LogP contribution >= 0.6 is 0 Å². The number of hydrogen-bond donors (Lipinski definition) is 0. The van der Waals surface area contributed by atoms with E-state index in [1.807, 2.05) is 0 Å². The zero-order valence-corrected chi connectivity index (χ0v) is 6.35. The van der Waals surface area contributed by atoms with Gasteiger partial charge in [0.15, 0.2) is 11.5 Å². The molecule has 68 valence electrons. The standard InChI is InChI=1S/C7H5NO5/c9-5-2-7-6(12-3-13-7)1-4(5)8(10)11/h1-2,9H,3H2/p-1. The van der Waals surface area contributed by atoms with Crippen molar-refractivity contribution in [2.75, 3.05) is 6.79 Å². The highest BCUT2D eigenvalue weighted by Gasteiger charge is 2.18. The Morgan fingerprint density at radius 1 is 1.31 bits per heavy atom. The predicted octanol–water partition coefficient (Wildman–Crippen LogP) is 0.397. The van der Waals surface area contributed by atoms with Crippen molar-refractivity contribution in [3.05, 3.63) is 22.2 Å². The molecule has 0 saturated heterocycles. The van der Waals surface area contributed by atoms with Crippen LogP contribution in [-0.2, 0) is 0 Å². The van der Waals surface area contributed by atoms with Gasteiger partial charge in [-0.25, -0.2) is 0 Å². The lowest BCUT2D eigenvalue weighted by atomic mass is 10.2. The molecule has 0 atom stereocenters.